The summed E-state index contributed by atoms with van der Waals surface area (Å²) < 4.78 is 10.4. The van der Waals surface area contributed by atoms with Crippen LogP contribution in [0.25, 0.3) is 0 Å². The van der Waals surface area contributed by atoms with Crippen molar-refractivity contribution in [2.75, 3.05) is 24.7 Å². The normalized spacial score (nSPS) is 19.8. The molecule has 1 aliphatic rings. The molecule has 0 aromatic carbocycles. The molecule has 0 aromatic heterocycles. The summed E-state index contributed by atoms with van der Waals surface area (Å²) in [5.41, 5.74) is 5.34. The maximum Gasteiger partial charge on any atom is 0.320 e. The zero-order valence-electron chi connectivity index (χ0n) is 7.85. The molecule has 1 saturated heterocycles. The van der Waals surface area contributed by atoms with E-state index in [9.17, 15) is 4.79 Å². The van der Waals surface area contributed by atoms with E-state index >= 15 is 0 Å². The first-order chi connectivity index (χ1) is 6.70. The van der Waals surface area contributed by atoms with Gasteiger partial charge in [0.05, 0.1) is 13.2 Å². The fourth-order valence-electron chi connectivity index (χ4n) is 1.02. The van der Waals surface area contributed by atoms with Crippen molar-refractivity contribution in [3.8, 4) is 0 Å². The minimum absolute atomic E-state index is 0.124. The van der Waals surface area contributed by atoms with Gasteiger partial charge in [-0.1, -0.05) is 0 Å². The number of carboxylic acid groups (broad SMARTS) is 1. The Morgan fingerprint density at radius 1 is 1.57 bits per heavy atom. The van der Waals surface area contributed by atoms with E-state index < -0.39 is 12.0 Å². The molecule has 1 atom stereocenters. The zero-order chi connectivity index (χ0) is 10.4. The number of hydrogen-bond acceptors (Lipinski definition) is 5. The summed E-state index contributed by atoms with van der Waals surface area (Å²) in [7, 11) is 0. The van der Waals surface area contributed by atoms with Crippen LogP contribution >= 0.6 is 11.8 Å². The Kier molecular flexibility index (Phi) is 5.24. The van der Waals surface area contributed by atoms with Gasteiger partial charge in [-0.2, -0.15) is 11.8 Å². The van der Waals surface area contributed by atoms with E-state index in [1.165, 1.54) is 0 Å². The summed E-state index contributed by atoms with van der Waals surface area (Å²) in [5.74, 6) is 0.516. The molecule has 0 spiro atoms. The number of rotatable bonds is 6. The van der Waals surface area contributed by atoms with Gasteiger partial charge in [-0.3, -0.25) is 4.79 Å². The Labute approximate surface area is 86.9 Å². The van der Waals surface area contributed by atoms with Crippen LogP contribution in [0, 0.1) is 0 Å². The Bertz CT molecular complexity index is 184. The van der Waals surface area contributed by atoms with Crippen LogP contribution in [-0.2, 0) is 14.3 Å². The number of hydrogen-bond donors (Lipinski definition) is 2. The standard InChI is InChI=1S/C8H15NO4S/c9-6(8(10)11)1-4-14-5-7-12-2-3-13-7/h6-7H,1-5,9H2,(H,10,11). The van der Waals surface area contributed by atoms with Crippen molar-refractivity contribution in [1.29, 1.82) is 0 Å². The largest absolute Gasteiger partial charge is 0.480 e. The average Bonchev–Trinajstić information content (AvgIpc) is 2.64. The maximum absolute atomic E-state index is 10.4. The number of ether oxygens (including phenoxy) is 2. The van der Waals surface area contributed by atoms with Gasteiger partial charge in [0.1, 0.15) is 6.04 Å². The van der Waals surface area contributed by atoms with Crippen molar-refractivity contribution in [1.82, 2.24) is 0 Å². The molecule has 14 heavy (non-hydrogen) atoms. The van der Waals surface area contributed by atoms with Gasteiger partial charge in [0, 0.05) is 5.75 Å². The molecule has 6 heteroatoms. The maximum atomic E-state index is 10.4. The number of carbonyl (C=O) groups is 1. The van der Waals surface area contributed by atoms with Gasteiger partial charge in [0.15, 0.2) is 6.29 Å². The summed E-state index contributed by atoms with van der Waals surface area (Å²) in [6.07, 6.45) is 0.355. The molecule has 0 aliphatic carbocycles. The lowest BCUT2D eigenvalue weighted by Gasteiger charge is -2.09. The van der Waals surface area contributed by atoms with E-state index in [2.05, 4.69) is 0 Å². The first-order valence-corrected chi connectivity index (χ1v) is 5.65. The molecule has 3 N–H and O–H groups in total. The molecule has 5 nitrogen and oxygen atoms in total. The predicted octanol–water partition coefficient (Wildman–Crippen LogP) is -0.106. The topological polar surface area (TPSA) is 81.8 Å². The van der Waals surface area contributed by atoms with Crippen LogP contribution in [0.2, 0.25) is 0 Å². The highest BCUT2D eigenvalue weighted by molar-refractivity contribution is 7.99. The SMILES string of the molecule is NC(CCSCC1OCCO1)C(=O)O. The van der Waals surface area contributed by atoms with Crippen LogP contribution in [0.4, 0.5) is 0 Å². The van der Waals surface area contributed by atoms with Crippen LogP contribution in [0.5, 0.6) is 0 Å². The summed E-state index contributed by atoms with van der Waals surface area (Å²) in [5, 5.41) is 8.51. The first kappa shape index (κ1) is 11.8. The molecular weight excluding hydrogens is 206 g/mol. The highest BCUT2D eigenvalue weighted by atomic mass is 32.2. The number of nitrogens with two attached hydrogens (primary N) is 1. The molecule has 1 unspecified atom stereocenters. The molecule has 0 saturated carbocycles. The highest BCUT2D eigenvalue weighted by Crippen LogP contribution is 2.12. The van der Waals surface area contributed by atoms with Gasteiger partial charge in [-0.15, -0.1) is 0 Å². The Balaban J connectivity index is 1.95. The Morgan fingerprint density at radius 2 is 2.21 bits per heavy atom. The lowest BCUT2D eigenvalue weighted by atomic mass is 10.2. The van der Waals surface area contributed by atoms with Crippen molar-refractivity contribution in [3.63, 3.8) is 0 Å². The van der Waals surface area contributed by atoms with Gasteiger partial charge >= 0.3 is 5.97 Å². The monoisotopic (exact) mass is 221 g/mol. The third-order valence-electron chi connectivity index (χ3n) is 1.84. The second kappa shape index (κ2) is 6.23. The quantitative estimate of drug-likeness (QED) is 0.609. The molecule has 82 valence electrons. The third-order valence-corrected chi connectivity index (χ3v) is 2.87. The number of thioether (sulfide) groups is 1. The van der Waals surface area contributed by atoms with Gasteiger partial charge in [0.2, 0.25) is 0 Å². The highest BCUT2D eigenvalue weighted by Gasteiger charge is 2.16. The molecule has 1 rings (SSSR count). The fraction of sp³-hybridized carbons (Fsp3) is 0.875. The van der Waals surface area contributed by atoms with Gasteiger partial charge < -0.3 is 20.3 Å². The van der Waals surface area contributed by atoms with E-state index in [-0.39, 0.29) is 6.29 Å². The van der Waals surface area contributed by atoms with E-state index in [4.69, 9.17) is 20.3 Å². The van der Waals surface area contributed by atoms with Crippen LogP contribution in [0.3, 0.4) is 0 Å². The van der Waals surface area contributed by atoms with Gasteiger partial charge in [-0.25, -0.2) is 0 Å². The van der Waals surface area contributed by atoms with Crippen LogP contribution in [0.15, 0.2) is 0 Å². The molecule has 1 fully saturated rings. The van der Waals surface area contributed by atoms with Crippen molar-refractivity contribution in [3.05, 3.63) is 0 Å². The van der Waals surface area contributed by atoms with E-state index in [0.29, 0.717) is 19.6 Å². The average molecular weight is 221 g/mol. The molecule has 0 bridgehead atoms. The smallest absolute Gasteiger partial charge is 0.320 e. The Morgan fingerprint density at radius 3 is 2.79 bits per heavy atom. The molecule has 0 amide bonds. The van der Waals surface area contributed by atoms with Crippen molar-refractivity contribution in [2.45, 2.75) is 18.8 Å². The lowest BCUT2D eigenvalue weighted by molar-refractivity contribution is -0.138. The first-order valence-electron chi connectivity index (χ1n) is 4.49. The summed E-state index contributed by atoms with van der Waals surface area (Å²) >= 11 is 1.60. The molecule has 1 aliphatic heterocycles. The molecule has 0 radical (unpaired) electrons. The fourth-order valence-corrected chi connectivity index (χ4v) is 1.99. The summed E-state index contributed by atoms with van der Waals surface area (Å²) in [6, 6.07) is -0.757. The number of aliphatic carboxylic acids is 1. The van der Waals surface area contributed by atoms with Crippen molar-refractivity contribution >= 4 is 17.7 Å². The second-order valence-corrected chi connectivity index (χ2v) is 4.13. The lowest BCUT2D eigenvalue weighted by Crippen LogP contribution is -2.30. The van der Waals surface area contributed by atoms with Crippen molar-refractivity contribution < 1.29 is 19.4 Å². The van der Waals surface area contributed by atoms with Crippen LogP contribution < -0.4 is 5.73 Å². The summed E-state index contributed by atoms with van der Waals surface area (Å²) in [6.45, 7) is 1.31. The van der Waals surface area contributed by atoms with Crippen molar-refractivity contribution in [2.24, 2.45) is 5.73 Å². The van der Waals surface area contributed by atoms with Crippen LogP contribution in [-0.4, -0.2) is 48.1 Å². The Hall–Kier alpha value is -0.300. The van der Waals surface area contributed by atoms with Crippen LogP contribution in [0.1, 0.15) is 6.42 Å². The molecule has 0 aromatic rings. The van der Waals surface area contributed by atoms with E-state index in [1.54, 1.807) is 11.8 Å². The minimum Gasteiger partial charge on any atom is -0.480 e. The number of carboxylic acids is 1. The second-order valence-electron chi connectivity index (χ2n) is 2.98. The van der Waals surface area contributed by atoms with Gasteiger partial charge in [0.25, 0.3) is 0 Å². The predicted molar refractivity (Wildman–Crippen MR) is 53.2 cm³/mol. The molecular formula is C8H15NO4S. The summed E-state index contributed by atoms with van der Waals surface area (Å²) in [4.78, 5) is 10.4. The third kappa shape index (κ3) is 4.28. The van der Waals surface area contributed by atoms with Gasteiger partial charge in [-0.05, 0) is 12.2 Å². The van der Waals surface area contributed by atoms with E-state index in [1.807, 2.05) is 0 Å². The minimum atomic E-state index is -0.945. The zero-order valence-corrected chi connectivity index (χ0v) is 8.66. The van der Waals surface area contributed by atoms with E-state index in [0.717, 1.165) is 11.5 Å². The molecule has 1 heterocycles.